The number of fused-ring (bicyclic) bond motifs is 1. The van der Waals surface area contributed by atoms with Gasteiger partial charge in [-0.2, -0.15) is 0 Å². The molecule has 2 N–H and O–H groups in total. The Balaban J connectivity index is 1.66. The summed E-state index contributed by atoms with van der Waals surface area (Å²) in [7, 11) is 3.95. The highest BCUT2D eigenvalue weighted by Crippen LogP contribution is 2.39. The topological polar surface area (TPSA) is 68.4 Å². The van der Waals surface area contributed by atoms with Crippen molar-refractivity contribution in [2.24, 2.45) is 0 Å². The summed E-state index contributed by atoms with van der Waals surface area (Å²) in [5.41, 5.74) is 6.33. The molecule has 1 aliphatic heterocycles. The van der Waals surface area contributed by atoms with Crippen LogP contribution in [0.5, 0.6) is 0 Å². The van der Waals surface area contributed by atoms with Crippen molar-refractivity contribution < 1.29 is 4.79 Å². The first-order valence-corrected chi connectivity index (χ1v) is 13.0. The van der Waals surface area contributed by atoms with Crippen molar-refractivity contribution in [1.29, 1.82) is 0 Å². The number of aromatic amines is 1. The number of H-pyrrole nitrogens is 1. The van der Waals surface area contributed by atoms with E-state index in [1.807, 2.05) is 38.1 Å². The first-order chi connectivity index (χ1) is 16.3. The Bertz CT molecular complexity index is 1160. The maximum absolute atomic E-state index is 13.5. The van der Waals surface area contributed by atoms with Crippen LogP contribution in [0.2, 0.25) is 0 Å². The number of hydrogen-bond donors (Lipinski definition) is 2. The second-order valence-electron chi connectivity index (χ2n) is 9.81. The molecule has 1 aromatic carbocycles. The number of nitrogens with zero attached hydrogens (tertiary/aromatic N) is 2. The van der Waals surface area contributed by atoms with Gasteiger partial charge in [0.2, 0.25) is 0 Å². The van der Waals surface area contributed by atoms with Gasteiger partial charge in [-0.25, -0.2) is 0 Å². The molecular formula is C27H35BrN4O2. The third-order valence-electron chi connectivity index (χ3n) is 6.89. The van der Waals surface area contributed by atoms with Gasteiger partial charge in [-0.15, -0.1) is 0 Å². The Hall–Kier alpha value is -2.38. The number of pyridine rings is 1. The Morgan fingerprint density at radius 2 is 1.97 bits per heavy atom. The van der Waals surface area contributed by atoms with Crippen molar-refractivity contribution in [1.82, 2.24) is 15.2 Å². The number of aryl methyl sites for hydroxylation is 1. The number of benzene rings is 1. The van der Waals surface area contributed by atoms with Crippen molar-refractivity contribution in [3.8, 4) is 0 Å². The maximum Gasteiger partial charge on any atom is 0.253 e. The number of carbonyl (C=O) groups excluding carboxylic acids is 1. The molecule has 0 atom stereocenters. The Kier molecular flexibility index (Phi) is 7.63. The molecule has 34 heavy (non-hydrogen) atoms. The summed E-state index contributed by atoms with van der Waals surface area (Å²) in [6.07, 6.45) is 8.10. The molecule has 0 saturated heterocycles. The maximum atomic E-state index is 13.5. The zero-order valence-corrected chi connectivity index (χ0v) is 22.2. The Morgan fingerprint density at radius 1 is 1.24 bits per heavy atom. The van der Waals surface area contributed by atoms with Crippen molar-refractivity contribution in [3.63, 3.8) is 0 Å². The largest absolute Gasteiger partial charge is 0.364 e. The van der Waals surface area contributed by atoms with Crippen molar-refractivity contribution in [2.75, 3.05) is 25.5 Å². The van der Waals surface area contributed by atoms with E-state index in [1.54, 1.807) is 0 Å². The van der Waals surface area contributed by atoms with Gasteiger partial charge in [-0.05, 0) is 64.0 Å². The molecule has 0 bridgehead atoms. The van der Waals surface area contributed by atoms with Crippen LogP contribution in [0.25, 0.3) is 6.08 Å². The predicted molar refractivity (Wildman–Crippen MR) is 142 cm³/mol. The SMILES string of the molecule is CCC1=Cc2c(C(=O)NCc3c(CN(C)C)cc(C)[nH]c3=O)cc(Br)cc2N(C2CCCC2)C1. The quantitative estimate of drug-likeness (QED) is 0.532. The minimum absolute atomic E-state index is 0.144. The molecular weight excluding hydrogens is 492 g/mol. The molecule has 7 heteroatoms. The molecule has 2 heterocycles. The van der Waals surface area contributed by atoms with Gasteiger partial charge in [-0.3, -0.25) is 9.59 Å². The van der Waals surface area contributed by atoms with E-state index in [1.165, 1.54) is 31.3 Å². The van der Waals surface area contributed by atoms with Crippen LogP contribution in [0.15, 0.2) is 33.0 Å². The zero-order valence-electron chi connectivity index (χ0n) is 20.6. The summed E-state index contributed by atoms with van der Waals surface area (Å²) in [6.45, 7) is 5.82. The molecule has 1 saturated carbocycles. The summed E-state index contributed by atoms with van der Waals surface area (Å²) in [4.78, 5) is 33.6. The minimum Gasteiger partial charge on any atom is -0.364 e. The summed E-state index contributed by atoms with van der Waals surface area (Å²) in [5.74, 6) is -0.159. The molecule has 2 aromatic rings. The van der Waals surface area contributed by atoms with Crippen molar-refractivity contribution in [3.05, 3.63) is 66.5 Å². The molecule has 0 unspecified atom stereocenters. The van der Waals surface area contributed by atoms with Gasteiger partial charge in [0.25, 0.3) is 11.5 Å². The predicted octanol–water partition coefficient (Wildman–Crippen LogP) is 4.99. The fraction of sp³-hybridized carbons (Fsp3) is 0.481. The third kappa shape index (κ3) is 5.31. The standard InChI is InChI=1S/C27H35BrN4O2/c1-5-18-11-22-23(12-20(28)13-25(22)32(15-18)21-8-6-7-9-21)26(33)29-14-24-19(16-31(3)4)10-17(2)30-27(24)34/h10-13,21H,5-9,14-16H2,1-4H3,(H,29,33)(H,30,34). The van der Waals surface area contributed by atoms with E-state index in [2.05, 4.69) is 50.2 Å². The average molecular weight is 528 g/mol. The molecule has 1 fully saturated rings. The van der Waals surface area contributed by atoms with Gasteiger partial charge < -0.3 is 20.1 Å². The van der Waals surface area contributed by atoms with Crippen LogP contribution in [0, 0.1) is 6.92 Å². The molecule has 2 aliphatic rings. The van der Waals surface area contributed by atoms with E-state index in [4.69, 9.17) is 0 Å². The highest BCUT2D eigenvalue weighted by Gasteiger charge is 2.29. The van der Waals surface area contributed by atoms with Crippen LogP contribution < -0.4 is 15.8 Å². The van der Waals surface area contributed by atoms with E-state index in [0.29, 0.717) is 23.7 Å². The molecule has 4 rings (SSSR count). The number of halogens is 1. The van der Waals surface area contributed by atoms with Crippen LogP contribution in [0.1, 0.15) is 71.8 Å². The lowest BCUT2D eigenvalue weighted by Gasteiger charge is -2.37. The number of hydrogen-bond acceptors (Lipinski definition) is 4. The first-order valence-electron chi connectivity index (χ1n) is 12.2. The van der Waals surface area contributed by atoms with Gasteiger partial charge in [-0.1, -0.05) is 47.3 Å². The monoisotopic (exact) mass is 526 g/mol. The lowest BCUT2D eigenvalue weighted by Crippen LogP contribution is -2.38. The van der Waals surface area contributed by atoms with Gasteiger partial charge >= 0.3 is 0 Å². The van der Waals surface area contributed by atoms with Crippen molar-refractivity contribution in [2.45, 2.75) is 65.1 Å². The molecule has 182 valence electrons. The minimum atomic E-state index is -0.159. The second kappa shape index (κ2) is 10.5. The summed E-state index contributed by atoms with van der Waals surface area (Å²) in [5, 5.41) is 3.04. The zero-order chi connectivity index (χ0) is 24.4. The van der Waals surface area contributed by atoms with E-state index in [0.717, 1.165) is 39.9 Å². The number of anilines is 1. The highest BCUT2D eigenvalue weighted by molar-refractivity contribution is 9.10. The molecule has 1 aliphatic carbocycles. The van der Waals surface area contributed by atoms with E-state index in [9.17, 15) is 9.59 Å². The molecule has 1 aromatic heterocycles. The van der Waals surface area contributed by atoms with Crippen LogP contribution >= 0.6 is 15.9 Å². The van der Waals surface area contributed by atoms with E-state index in [-0.39, 0.29) is 18.0 Å². The van der Waals surface area contributed by atoms with Gasteiger partial charge in [0.15, 0.2) is 0 Å². The van der Waals surface area contributed by atoms with Gasteiger partial charge in [0.1, 0.15) is 0 Å². The average Bonchev–Trinajstić information content (AvgIpc) is 3.31. The van der Waals surface area contributed by atoms with E-state index < -0.39 is 0 Å². The Labute approximate surface area is 210 Å². The van der Waals surface area contributed by atoms with Gasteiger partial charge in [0.05, 0.1) is 0 Å². The third-order valence-corrected chi connectivity index (χ3v) is 7.35. The smallest absolute Gasteiger partial charge is 0.253 e. The van der Waals surface area contributed by atoms with Crippen LogP contribution in [0.4, 0.5) is 5.69 Å². The number of amides is 1. The van der Waals surface area contributed by atoms with E-state index >= 15 is 0 Å². The highest BCUT2D eigenvalue weighted by atomic mass is 79.9. The Morgan fingerprint density at radius 3 is 2.65 bits per heavy atom. The molecule has 1 amide bonds. The first kappa shape index (κ1) is 24.7. The van der Waals surface area contributed by atoms with Crippen LogP contribution in [-0.2, 0) is 13.1 Å². The second-order valence-corrected chi connectivity index (χ2v) is 10.7. The number of carbonyl (C=O) groups is 1. The molecule has 0 radical (unpaired) electrons. The summed E-state index contributed by atoms with van der Waals surface area (Å²) >= 11 is 3.64. The van der Waals surface area contributed by atoms with Gasteiger partial charge in [0, 0.05) is 58.2 Å². The van der Waals surface area contributed by atoms with Crippen LogP contribution in [-0.4, -0.2) is 42.5 Å². The summed E-state index contributed by atoms with van der Waals surface area (Å²) in [6, 6.07) is 6.56. The lowest BCUT2D eigenvalue weighted by atomic mass is 9.94. The van der Waals surface area contributed by atoms with Crippen LogP contribution in [0.3, 0.4) is 0 Å². The normalized spacial score (nSPS) is 16.1. The fourth-order valence-electron chi connectivity index (χ4n) is 5.21. The molecule has 0 spiro atoms. The van der Waals surface area contributed by atoms with Crippen molar-refractivity contribution >= 4 is 33.6 Å². The lowest BCUT2D eigenvalue weighted by molar-refractivity contribution is 0.0950. The molecule has 6 nitrogen and oxygen atoms in total. The number of rotatable bonds is 7. The fourth-order valence-corrected chi connectivity index (χ4v) is 5.66. The number of nitrogens with one attached hydrogen (secondary N) is 2. The summed E-state index contributed by atoms with van der Waals surface area (Å²) < 4.78 is 0.897. The number of aromatic nitrogens is 1.